The minimum absolute atomic E-state index is 0.148. The van der Waals surface area contributed by atoms with Gasteiger partial charge in [0, 0.05) is 48.5 Å². The number of halogens is 1. The number of aromatic nitrogens is 3. The smallest absolute Gasteiger partial charge is 0.225 e. The molecule has 2 aliphatic rings. The molecule has 0 bridgehead atoms. The largest absolute Gasteiger partial charge is 0.367 e. The van der Waals surface area contributed by atoms with E-state index in [0.29, 0.717) is 11.2 Å². The Balaban J connectivity index is 1.24. The first-order valence-corrected chi connectivity index (χ1v) is 10.9. The molecule has 3 aromatic rings. The van der Waals surface area contributed by atoms with Crippen LogP contribution in [0.1, 0.15) is 25.7 Å². The SMILES string of the molecule is O=C(NC1CCC(Nc2cc(-c3c[nH]c4ncccc34)cc(Cl)n2)CC1)C1CNC1. The highest BCUT2D eigenvalue weighted by Crippen LogP contribution is 2.31. The van der Waals surface area contributed by atoms with Crippen LogP contribution in [-0.2, 0) is 4.79 Å². The lowest BCUT2D eigenvalue weighted by Gasteiger charge is -2.33. The number of nitrogens with one attached hydrogen (secondary N) is 4. The lowest BCUT2D eigenvalue weighted by molar-refractivity contribution is -0.127. The maximum Gasteiger partial charge on any atom is 0.225 e. The highest BCUT2D eigenvalue weighted by atomic mass is 35.5. The Morgan fingerprint density at radius 1 is 1.13 bits per heavy atom. The molecule has 4 heterocycles. The minimum Gasteiger partial charge on any atom is -0.367 e. The first-order chi connectivity index (χ1) is 14.7. The van der Waals surface area contributed by atoms with Gasteiger partial charge in [-0.3, -0.25) is 4.79 Å². The Hall–Kier alpha value is -2.64. The van der Waals surface area contributed by atoms with Crippen LogP contribution in [0.4, 0.5) is 5.82 Å². The van der Waals surface area contributed by atoms with E-state index in [2.05, 4.69) is 30.9 Å². The molecule has 1 amide bonds. The predicted octanol–water partition coefficient (Wildman–Crippen LogP) is 3.34. The molecule has 2 fully saturated rings. The summed E-state index contributed by atoms with van der Waals surface area (Å²) >= 11 is 6.34. The van der Waals surface area contributed by atoms with Gasteiger partial charge < -0.3 is 20.9 Å². The van der Waals surface area contributed by atoms with Crippen LogP contribution in [0.3, 0.4) is 0 Å². The van der Waals surface area contributed by atoms with Crippen LogP contribution in [0.2, 0.25) is 5.15 Å². The van der Waals surface area contributed by atoms with E-state index in [0.717, 1.165) is 66.8 Å². The molecule has 1 aliphatic heterocycles. The minimum atomic E-state index is 0.148. The number of amides is 1. The summed E-state index contributed by atoms with van der Waals surface area (Å²) in [6.07, 6.45) is 7.68. The zero-order chi connectivity index (χ0) is 20.5. The molecule has 156 valence electrons. The molecule has 3 aromatic heterocycles. The first-order valence-electron chi connectivity index (χ1n) is 10.5. The molecule has 1 saturated carbocycles. The van der Waals surface area contributed by atoms with Gasteiger partial charge in [0.05, 0.1) is 5.92 Å². The van der Waals surface area contributed by atoms with Crippen LogP contribution in [0.25, 0.3) is 22.2 Å². The second-order valence-corrected chi connectivity index (χ2v) is 8.61. The molecule has 0 unspecified atom stereocenters. The average Bonchev–Trinajstić information content (AvgIpc) is 3.12. The van der Waals surface area contributed by atoms with Crippen molar-refractivity contribution in [3.05, 3.63) is 41.8 Å². The number of rotatable bonds is 5. The van der Waals surface area contributed by atoms with Gasteiger partial charge in [0.2, 0.25) is 5.91 Å². The summed E-state index contributed by atoms with van der Waals surface area (Å²) in [5, 5.41) is 11.4. The number of fused-ring (bicyclic) bond motifs is 1. The van der Waals surface area contributed by atoms with Crippen molar-refractivity contribution >= 4 is 34.4 Å². The molecule has 0 radical (unpaired) electrons. The second kappa shape index (κ2) is 8.24. The number of carbonyl (C=O) groups is 1. The fraction of sp³-hybridized carbons (Fsp3) is 0.409. The molecule has 4 N–H and O–H groups in total. The number of anilines is 1. The van der Waals surface area contributed by atoms with Gasteiger partial charge in [-0.1, -0.05) is 11.6 Å². The lowest BCUT2D eigenvalue weighted by Crippen LogP contribution is -2.53. The third-order valence-electron chi connectivity index (χ3n) is 6.13. The number of hydrogen-bond acceptors (Lipinski definition) is 5. The van der Waals surface area contributed by atoms with Crippen molar-refractivity contribution in [3.8, 4) is 11.1 Å². The van der Waals surface area contributed by atoms with Gasteiger partial charge in [0.1, 0.15) is 16.6 Å². The van der Waals surface area contributed by atoms with E-state index in [1.165, 1.54) is 0 Å². The number of carbonyl (C=O) groups excluding carboxylic acids is 1. The van der Waals surface area contributed by atoms with Gasteiger partial charge in [-0.05, 0) is 55.5 Å². The quantitative estimate of drug-likeness (QED) is 0.471. The maximum atomic E-state index is 12.1. The monoisotopic (exact) mass is 424 g/mol. The molecule has 7 nitrogen and oxygen atoms in total. The van der Waals surface area contributed by atoms with Gasteiger partial charge in [-0.15, -0.1) is 0 Å². The number of H-pyrrole nitrogens is 1. The summed E-state index contributed by atoms with van der Waals surface area (Å²) in [5.74, 6) is 1.12. The molecule has 1 saturated heterocycles. The van der Waals surface area contributed by atoms with Crippen molar-refractivity contribution in [3.63, 3.8) is 0 Å². The van der Waals surface area contributed by atoms with Crippen molar-refractivity contribution in [2.75, 3.05) is 18.4 Å². The standard InChI is InChI=1S/C22H25ClN6O/c23-19-8-13(18-12-26-21-17(18)2-1-7-25-21)9-20(29-19)27-15-3-5-16(6-4-15)28-22(30)14-10-24-11-14/h1-2,7-9,12,14-16,24H,3-6,10-11H2,(H,25,26)(H,27,29)(H,28,30). The third kappa shape index (κ3) is 4.00. The van der Waals surface area contributed by atoms with Crippen molar-refractivity contribution < 1.29 is 4.79 Å². The topological polar surface area (TPSA) is 94.7 Å². The van der Waals surface area contributed by atoms with E-state index < -0.39 is 0 Å². The van der Waals surface area contributed by atoms with Crippen LogP contribution in [0, 0.1) is 5.92 Å². The summed E-state index contributed by atoms with van der Waals surface area (Å²) < 4.78 is 0. The molecule has 5 rings (SSSR count). The first kappa shape index (κ1) is 19.3. The van der Waals surface area contributed by atoms with Crippen molar-refractivity contribution in [1.29, 1.82) is 0 Å². The Labute approximate surface area is 180 Å². The summed E-state index contributed by atoms with van der Waals surface area (Å²) in [5.41, 5.74) is 2.92. The Morgan fingerprint density at radius 2 is 1.93 bits per heavy atom. The normalized spacial score (nSPS) is 21.9. The summed E-state index contributed by atoms with van der Waals surface area (Å²) in [6.45, 7) is 1.61. The fourth-order valence-corrected chi connectivity index (χ4v) is 4.51. The predicted molar refractivity (Wildman–Crippen MR) is 119 cm³/mol. The molecule has 0 aromatic carbocycles. The molecule has 30 heavy (non-hydrogen) atoms. The number of aromatic amines is 1. The van der Waals surface area contributed by atoms with Crippen molar-refractivity contribution in [1.82, 2.24) is 25.6 Å². The van der Waals surface area contributed by atoms with E-state index in [4.69, 9.17) is 11.6 Å². The Bertz CT molecular complexity index is 1050. The summed E-state index contributed by atoms with van der Waals surface area (Å²) in [4.78, 5) is 24.2. The molecular formula is C22H25ClN6O. The maximum absolute atomic E-state index is 12.1. The Kier molecular flexibility index (Phi) is 5.31. The number of pyridine rings is 2. The van der Waals surface area contributed by atoms with Gasteiger partial charge in [0.15, 0.2) is 0 Å². The highest BCUT2D eigenvalue weighted by molar-refractivity contribution is 6.29. The summed E-state index contributed by atoms with van der Waals surface area (Å²) in [7, 11) is 0. The molecule has 1 aliphatic carbocycles. The van der Waals surface area contributed by atoms with Crippen LogP contribution < -0.4 is 16.0 Å². The van der Waals surface area contributed by atoms with Crippen molar-refractivity contribution in [2.24, 2.45) is 5.92 Å². The molecule has 0 spiro atoms. The zero-order valence-corrected chi connectivity index (χ0v) is 17.4. The zero-order valence-electron chi connectivity index (χ0n) is 16.6. The van der Waals surface area contributed by atoms with Crippen molar-refractivity contribution in [2.45, 2.75) is 37.8 Å². The fourth-order valence-electron chi connectivity index (χ4n) is 4.31. The number of hydrogen-bond donors (Lipinski definition) is 4. The van der Waals surface area contributed by atoms with Gasteiger partial charge in [-0.25, -0.2) is 9.97 Å². The lowest BCUT2D eigenvalue weighted by atomic mass is 9.90. The van der Waals surface area contributed by atoms with E-state index in [9.17, 15) is 4.79 Å². The third-order valence-corrected chi connectivity index (χ3v) is 6.33. The molecule has 8 heteroatoms. The van der Waals surface area contributed by atoms with Crippen LogP contribution in [0.15, 0.2) is 36.7 Å². The van der Waals surface area contributed by atoms with Crippen LogP contribution in [0.5, 0.6) is 0 Å². The second-order valence-electron chi connectivity index (χ2n) is 8.22. The van der Waals surface area contributed by atoms with E-state index in [1.807, 2.05) is 30.5 Å². The summed E-state index contributed by atoms with van der Waals surface area (Å²) in [6, 6.07) is 8.50. The number of nitrogens with zero attached hydrogens (tertiary/aromatic N) is 2. The van der Waals surface area contributed by atoms with E-state index in [1.54, 1.807) is 6.20 Å². The van der Waals surface area contributed by atoms with Gasteiger partial charge >= 0.3 is 0 Å². The molecular weight excluding hydrogens is 400 g/mol. The van der Waals surface area contributed by atoms with E-state index in [-0.39, 0.29) is 17.9 Å². The Morgan fingerprint density at radius 3 is 2.70 bits per heavy atom. The van der Waals surface area contributed by atoms with Crippen LogP contribution in [-0.4, -0.2) is 46.0 Å². The van der Waals surface area contributed by atoms with E-state index >= 15 is 0 Å². The highest BCUT2D eigenvalue weighted by Gasteiger charge is 2.28. The van der Waals surface area contributed by atoms with Gasteiger partial charge in [0.25, 0.3) is 0 Å². The molecule has 0 atom stereocenters. The van der Waals surface area contributed by atoms with Crippen LogP contribution >= 0.6 is 11.6 Å². The average molecular weight is 425 g/mol. The van der Waals surface area contributed by atoms with Gasteiger partial charge in [-0.2, -0.15) is 0 Å².